The Morgan fingerprint density at radius 3 is 2.46 bits per heavy atom. The molecule has 0 aromatic heterocycles. The predicted octanol–water partition coefficient (Wildman–Crippen LogP) is 3.15. The topological polar surface area (TPSA) is 124 Å². The van der Waals surface area contributed by atoms with Gasteiger partial charge in [-0.3, -0.25) is 0 Å². The minimum Gasteiger partial charge on any atom is -0.398 e. The second-order valence-corrected chi connectivity index (χ2v) is 2.09. The van der Waals surface area contributed by atoms with Crippen molar-refractivity contribution in [3.8, 4) is 0 Å². The molecule has 13 heavy (non-hydrogen) atoms. The monoisotopic (exact) mass is 175 g/mol. The lowest BCUT2D eigenvalue weighted by Gasteiger charge is -2.00. The third-order valence-corrected chi connectivity index (χ3v) is 1.34. The van der Waals surface area contributed by atoms with Crippen LogP contribution in [-0.4, -0.2) is 0 Å². The Balaban J connectivity index is 3.41. The van der Waals surface area contributed by atoms with Gasteiger partial charge in [-0.1, -0.05) is 22.4 Å². The van der Waals surface area contributed by atoms with Crippen molar-refractivity contribution < 1.29 is 0 Å². The van der Waals surface area contributed by atoms with E-state index in [-0.39, 0.29) is 17.1 Å². The van der Waals surface area contributed by atoms with Crippen molar-refractivity contribution >= 4 is 17.1 Å². The molecule has 7 heteroatoms. The number of hydrogen-bond donors (Lipinski definition) is 1. The Kier molecular flexibility index (Phi) is 2.60. The maximum absolute atomic E-state index is 8.20. The molecule has 0 heterocycles. The van der Waals surface area contributed by atoms with Crippen LogP contribution in [0.1, 0.15) is 0 Å². The maximum atomic E-state index is 8.20. The van der Waals surface area contributed by atoms with Crippen molar-refractivity contribution in [2.45, 2.75) is 0 Å². The van der Waals surface area contributed by atoms with Crippen LogP contribution in [0.3, 0.4) is 0 Å². The Hall–Kier alpha value is -2.36. The van der Waals surface area contributed by atoms with Crippen molar-refractivity contribution in [2.24, 2.45) is 10.2 Å². The Bertz CT molecular complexity index is 411. The lowest BCUT2D eigenvalue weighted by atomic mass is 10.2. The van der Waals surface area contributed by atoms with Crippen LogP contribution < -0.4 is 5.73 Å². The molecule has 1 rings (SSSR count). The number of nitrogens with zero attached hydrogens (tertiary/aromatic N) is 6. The average Bonchev–Trinajstić information content (AvgIpc) is 2.11. The third kappa shape index (κ3) is 1.81. The van der Waals surface area contributed by atoms with E-state index in [1.54, 1.807) is 12.1 Å². The Morgan fingerprint density at radius 2 is 1.85 bits per heavy atom. The van der Waals surface area contributed by atoms with Crippen molar-refractivity contribution in [1.29, 1.82) is 0 Å². The van der Waals surface area contributed by atoms with E-state index in [1.165, 1.54) is 6.07 Å². The number of benzene rings is 1. The second kappa shape index (κ2) is 3.87. The van der Waals surface area contributed by atoms with Gasteiger partial charge < -0.3 is 5.73 Å². The molecule has 7 nitrogen and oxygen atoms in total. The molecule has 1 aromatic rings. The van der Waals surface area contributed by atoms with Crippen LogP contribution in [0.15, 0.2) is 28.4 Å². The van der Waals surface area contributed by atoms with E-state index >= 15 is 0 Å². The van der Waals surface area contributed by atoms with Gasteiger partial charge in [0.25, 0.3) is 0 Å². The highest BCUT2D eigenvalue weighted by atomic mass is 15.2. The molecule has 0 atom stereocenters. The third-order valence-electron chi connectivity index (χ3n) is 1.34. The summed E-state index contributed by atoms with van der Waals surface area (Å²) in [6, 6.07) is 4.68. The van der Waals surface area contributed by atoms with Gasteiger partial charge in [-0.05, 0) is 17.1 Å². The van der Waals surface area contributed by atoms with Gasteiger partial charge in [0.15, 0.2) is 0 Å². The standard InChI is InChI=1S/C6H5N7/c7-4-2-1-3-5(10-12-8)6(4)11-13-9/h1-3H,7H2. The number of anilines is 1. The van der Waals surface area contributed by atoms with Crippen LogP contribution in [0.25, 0.3) is 20.9 Å². The molecular formula is C6H5N7. The van der Waals surface area contributed by atoms with E-state index in [9.17, 15) is 0 Å². The molecule has 0 radical (unpaired) electrons. The normalized spacial score (nSPS) is 8.31. The van der Waals surface area contributed by atoms with Crippen LogP contribution in [0.4, 0.5) is 17.1 Å². The van der Waals surface area contributed by atoms with Crippen LogP contribution >= 0.6 is 0 Å². The van der Waals surface area contributed by atoms with Gasteiger partial charge >= 0.3 is 0 Å². The first-order valence-corrected chi connectivity index (χ1v) is 3.28. The zero-order chi connectivity index (χ0) is 9.68. The first kappa shape index (κ1) is 8.73. The summed E-state index contributed by atoms with van der Waals surface area (Å²) in [6.07, 6.45) is 0. The quantitative estimate of drug-likeness (QED) is 0.315. The molecule has 0 fully saturated rings. The van der Waals surface area contributed by atoms with Crippen molar-refractivity contribution in [3.63, 3.8) is 0 Å². The molecule has 0 aliphatic rings. The maximum Gasteiger partial charge on any atom is 0.0700 e. The molecule has 0 spiro atoms. The van der Waals surface area contributed by atoms with Crippen LogP contribution in [-0.2, 0) is 0 Å². The van der Waals surface area contributed by atoms with Crippen molar-refractivity contribution in [2.75, 3.05) is 5.73 Å². The first-order chi connectivity index (χ1) is 6.29. The van der Waals surface area contributed by atoms with E-state index in [1.807, 2.05) is 0 Å². The summed E-state index contributed by atoms with van der Waals surface area (Å²) in [6.45, 7) is 0. The average molecular weight is 175 g/mol. The highest BCUT2D eigenvalue weighted by Gasteiger charge is 2.00. The molecule has 0 unspecified atom stereocenters. The number of azide groups is 2. The zero-order valence-corrected chi connectivity index (χ0v) is 6.49. The smallest absolute Gasteiger partial charge is 0.0700 e. The fourth-order valence-corrected chi connectivity index (χ4v) is 0.831. The van der Waals surface area contributed by atoms with Gasteiger partial charge in [0, 0.05) is 21.2 Å². The minimum absolute atomic E-state index is 0.155. The van der Waals surface area contributed by atoms with Crippen LogP contribution in [0.2, 0.25) is 0 Å². The number of rotatable bonds is 2. The van der Waals surface area contributed by atoms with Gasteiger partial charge in [-0.15, -0.1) is 0 Å². The van der Waals surface area contributed by atoms with Gasteiger partial charge in [0.2, 0.25) is 0 Å². The molecule has 0 aliphatic carbocycles. The van der Waals surface area contributed by atoms with E-state index < -0.39 is 0 Å². The van der Waals surface area contributed by atoms with E-state index in [0.717, 1.165) is 0 Å². The summed E-state index contributed by atoms with van der Waals surface area (Å²) in [7, 11) is 0. The lowest BCUT2D eigenvalue weighted by Crippen LogP contribution is -1.83. The fraction of sp³-hybridized carbons (Fsp3) is 0. The highest BCUT2D eigenvalue weighted by Crippen LogP contribution is 2.33. The molecule has 64 valence electrons. The molecule has 0 saturated carbocycles. The van der Waals surface area contributed by atoms with Gasteiger partial charge in [0.05, 0.1) is 5.69 Å². The fourth-order valence-electron chi connectivity index (χ4n) is 0.831. The summed E-state index contributed by atoms with van der Waals surface area (Å²) in [5, 5.41) is 6.64. The minimum atomic E-state index is 0.155. The lowest BCUT2D eigenvalue weighted by molar-refractivity contribution is 1.40. The van der Waals surface area contributed by atoms with Crippen molar-refractivity contribution in [3.05, 3.63) is 39.1 Å². The van der Waals surface area contributed by atoms with Gasteiger partial charge in [0.1, 0.15) is 0 Å². The molecule has 0 saturated heterocycles. The van der Waals surface area contributed by atoms with E-state index in [4.69, 9.17) is 16.8 Å². The largest absolute Gasteiger partial charge is 0.398 e. The predicted molar refractivity (Wildman–Crippen MR) is 48.5 cm³/mol. The molecule has 1 aromatic carbocycles. The molecule has 0 amide bonds. The van der Waals surface area contributed by atoms with E-state index in [0.29, 0.717) is 0 Å². The summed E-state index contributed by atoms with van der Waals surface area (Å²) in [5.41, 5.74) is 22.5. The zero-order valence-electron chi connectivity index (χ0n) is 6.49. The van der Waals surface area contributed by atoms with Gasteiger partial charge in [-0.25, -0.2) is 0 Å². The van der Waals surface area contributed by atoms with Crippen molar-refractivity contribution in [1.82, 2.24) is 0 Å². The summed E-state index contributed by atoms with van der Waals surface area (Å²) >= 11 is 0. The Labute approximate surface area is 73.0 Å². The summed E-state index contributed by atoms with van der Waals surface area (Å²) in [4.78, 5) is 5.15. The molecule has 0 bridgehead atoms. The number of nitrogens with two attached hydrogens (primary N) is 1. The summed E-state index contributed by atoms with van der Waals surface area (Å²) in [5.74, 6) is 0. The number of hydrogen-bond acceptors (Lipinski definition) is 3. The van der Waals surface area contributed by atoms with Gasteiger partial charge in [-0.2, -0.15) is 0 Å². The number of nitrogen functional groups attached to an aromatic ring is 1. The molecular weight excluding hydrogens is 170 g/mol. The van der Waals surface area contributed by atoms with Crippen LogP contribution in [0.5, 0.6) is 0 Å². The Morgan fingerprint density at radius 1 is 1.15 bits per heavy atom. The summed E-state index contributed by atoms with van der Waals surface area (Å²) < 4.78 is 0. The molecule has 2 N–H and O–H groups in total. The second-order valence-electron chi connectivity index (χ2n) is 2.09. The molecule has 0 aliphatic heterocycles. The van der Waals surface area contributed by atoms with Crippen LogP contribution in [0, 0.1) is 0 Å². The first-order valence-electron chi connectivity index (χ1n) is 3.28. The SMILES string of the molecule is [N-]=[N+]=Nc1cccc(N)c1N=[N+]=[N-]. The van der Waals surface area contributed by atoms with E-state index in [2.05, 4.69) is 20.1 Å². The highest BCUT2D eigenvalue weighted by molar-refractivity contribution is 5.75.